The van der Waals surface area contributed by atoms with Crippen LogP contribution in [0.3, 0.4) is 0 Å². The minimum Gasteiger partial charge on any atom is -0.328 e. The van der Waals surface area contributed by atoms with E-state index in [9.17, 15) is 0 Å². The second-order valence-electron chi connectivity index (χ2n) is 4.60. The van der Waals surface area contributed by atoms with Crippen LogP contribution >= 0.6 is 0 Å². The van der Waals surface area contributed by atoms with Crippen LogP contribution in [0.4, 0.5) is 0 Å². The van der Waals surface area contributed by atoms with E-state index in [1.807, 2.05) is 0 Å². The van der Waals surface area contributed by atoms with Crippen molar-refractivity contribution in [2.24, 2.45) is 5.73 Å². The Morgan fingerprint density at radius 2 is 1.71 bits per heavy atom. The first kappa shape index (κ1) is 14.2. The third-order valence-electron chi connectivity index (χ3n) is 3.36. The molecule has 0 aliphatic heterocycles. The second-order valence-corrected chi connectivity index (χ2v) is 4.60. The van der Waals surface area contributed by atoms with Crippen molar-refractivity contribution in [2.45, 2.75) is 39.2 Å². The van der Waals surface area contributed by atoms with Gasteiger partial charge in [0.1, 0.15) is 0 Å². The van der Waals surface area contributed by atoms with Crippen LogP contribution in [-0.4, -0.2) is 30.6 Å². The third kappa shape index (κ3) is 5.85. The molecule has 0 bridgehead atoms. The molecule has 1 atom stereocenters. The molecule has 0 amide bonds. The third-order valence-corrected chi connectivity index (χ3v) is 3.36. The van der Waals surface area contributed by atoms with Crippen LogP contribution in [0.2, 0.25) is 0 Å². The maximum Gasteiger partial charge on any atom is 0.00541 e. The van der Waals surface area contributed by atoms with Crippen molar-refractivity contribution >= 4 is 0 Å². The highest BCUT2D eigenvalue weighted by atomic mass is 15.1. The van der Waals surface area contributed by atoms with Gasteiger partial charge in [-0.3, -0.25) is 0 Å². The molecule has 0 saturated heterocycles. The van der Waals surface area contributed by atoms with Gasteiger partial charge in [-0.05, 0) is 44.5 Å². The van der Waals surface area contributed by atoms with Gasteiger partial charge in [0.15, 0.2) is 0 Å². The summed E-state index contributed by atoms with van der Waals surface area (Å²) in [6.45, 7) is 7.80. The number of aryl methyl sites for hydroxylation is 1. The Morgan fingerprint density at radius 1 is 1.06 bits per heavy atom. The molecule has 0 aliphatic rings. The second kappa shape index (κ2) is 8.26. The molecular weight excluding hydrogens is 208 g/mol. The van der Waals surface area contributed by atoms with Crippen LogP contribution in [-0.2, 0) is 6.42 Å². The van der Waals surface area contributed by atoms with Gasteiger partial charge < -0.3 is 10.6 Å². The summed E-state index contributed by atoms with van der Waals surface area (Å²) in [6, 6.07) is 10.9. The van der Waals surface area contributed by atoms with Gasteiger partial charge in [-0.2, -0.15) is 0 Å². The monoisotopic (exact) mass is 234 g/mol. The van der Waals surface area contributed by atoms with E-state index in [1.165, 1.54) is 5.56 Å². The molecule has 1 rings (SSSR count). The number of hydrogen-bond acceptors (Lipinski definition) is 2. The molecule has 0 aliphatic carbocycles. The molecule has 17 heavy (non-hydrogen) atoms. The van der Waals surface area contributed by atoms with E-state index < -0.39 is 0 Å². The van der Waals surface area contributed by atoms with Gasteiger partial charge in [0.05, 0.1) is 0 Å². The van der Waals surface area contributed by atoms with Gasteiger partial charge in [-0.1, -0.05) is 44.2 Å². The maximum absolute atomic E-state index is 6.15. The lowest BCUT2D eigenvalue weighted by Gasteiger charge is -2.20. The van der Waals surface area contributed by atoms with E-state index in [1.54, 1.807) is 0 Å². The summed E-state index contributed by atoms with van der Waals surface area (Å²) in [4.78, 5) is 2.43. The highest BCUT2D eigenvalue weighted by Crippen LogP contribution is 2.06. The first-order valence-electron chi connectivity index (χ1n) is 6.78. The largest absolute Gasteiger partial charge is 0.328 e. The standard InChI is InChI=1S/C15H26N2/c1-3-17(4-2)13-12-15(16)11-10-14-8-6-5-7-9-14/h5-9,15H,3-4,10-13,16H2,1-2H3. The van der Waals surface area contributed by atoms with Crippen LogP contribution < -0.4 is 5.73 Å². The van der Waals surface area contributed by atoms with Crippen molar-refractivity contribution in [1.82, 2.24) is 4.90 Å². The maximum atomic E-state index is 6.15. The summed E-state index contributed by atoms with van der Waals surface area (Å²) in [5.41, 5.74) is 7.55. The zero-order chi connectivity index (χ0) is 12.5. The lowest BCUT2D eigenvalue weighted by atomic mass is 10.0. The Balaban J connectivity index is 2.19. The summed E-state index contributed by atoms with van der Waals surface area (Å²) in [7, 11) is 0. The van der Waals surface area contributed by atoms with Gasteiger partial charge >= 0.3 is 0 Å². The Hall–Kier alpha value is -0.860. The molecule has 1 unspecified atom stereocenters. The molecule has 0 fully saturated rings. The minimum absolute atomic E-state index is 0.329. The molecule has 0 aromatic heterocycles. The zero-order valence-electron chi connectivity index (χ0n) is 11.2. The summed E-state index contributed by atoms with van der Waals surface area (Å²) in [6.07, 6.45) is 3.29. The van der Waals surface area contributed by atoms with E-state index in [0.29, 0.717) is 6.04 Å². The molecule has 1 aromatic rings. The van der Waals surface area contributed by atoms with Crippen molar-refractivity contribution < 1.29 is 0 Å². The van der Waals surface area contributed by atoms with E-state index in [4.69, 9.17) is 5.73 Å². The number of hydrogen-bond donors (Lipinski definition) is 1. The Kier molecular flexibility index (Phi) is 6.90. The van der Waals surface area contributed by atoms with Crippen molar-refractivity contribution in [3.8, 4) is 0 Å². The fraction of sp³-hybridized carbons (Fsp3) is 0.600. The number of rotatable bonds is 8. The molecule has 1 aromatic carbocycles. The SMILES string of the molecule is CCN(CC)CCC(N)CCc1ccccc1. The molecule has 0 radical (unpaired) electrons. The highest BCUT2D eigenvalue weighted by molar-refractivity contribution is 5.14. The van der Waals surface area contributed by atoms with E-state index >= 15 is 0 Å². The van der Waals surface area contributed by atoms with Crippen LogP contribution in [0.1, 0.15) is 32.3 Å². The molecule has 2 nitrogen and oxygen atoms in total. The lowest BCUT2D eigenvalue weighted by Crippen LogP contribution is -2.30. The van der Waals surface area contributed by atoms with E-state index in [0.717, 1.165) is 38.9 Å². The summed E-state index contributed by atoms with van der Waals surface area (Å²) in [5.74, 6) is 0. The van der Waals surface area contributed by atoms with Crippen LogP contribution in [0.5, 0.6) is 0 Å². The average molecular weight is 234 g/mol. The van der Waals surface area contributed by atoms with Crippen LogP contribution in [0.25, 0.3) is 0 Å². The summed E-state index contributed by atoms with van der Waals surface area (Å²) < 4.78 is 0. The van der Waals surface area contributed by atoms with Crippen LogP contribution in [0, 0.1) is 0 Å². The Morgan fingerprint density at radius 3 is 2.29 bits per heavy atom. The van der Waals surface area contributed by atoms with Gasteiger partial charge in [0.25, 0.3) is 0 Å². The van der Waals surface area contributed by atoms with Gasteiger partial charge in [0.2, 0.25) is 0 Å². The van der Waals surface area contributed by atoms with Crippen molar-refractivity contribution in [2.75, 3.05) is 19.6 Å². The Bertz CT molecular complexity index is 280. The van der Waals surface area contributed by atoms with Crippen molar-refractivity contribution in [3.63, 3.8) is 0 Å². The highest BCUT2D eigenvalue weighted by Gasteiger charge is 2.05. The van der Waals surface area contributed by atoms with Crippen LogP contribution in [0.15, 0.2) is 30.3 Å². The summed E-state index contributed by atoms with van der Waals surface area (Å²) in [5, 5.41) is 0. The fourth-order valence-electron chi connectivity index (χ4n) is 2.03. The number of nitrogens with zero attached hydrogens (tertiary/aromatic N) is 1. The normalized spacial score (nSPS) is 12.9. The predicted octanol–water partition coefficient (Wildman–Crippen LogP) is 2.68. The minimum atomic E-state index is 0.329. The quantitative estimate of drug-likeness (QED) is 0.749. The van der Waals surface area contributed by atoms with E-state index in [-0.39, 0.29) is 0 Å². The molecule has 2 heteroatoms. The molecule has 96 valence electrons. The lowest BCUT2D eigenvalue weighted by molar-refractivity contribution is 0.288. The Labute approximate surface area is 106 Å². The number of benzene rings is 1. The van der Waals surface area contributed by atoms with Gasteiger partial charge in [0, 0.05) is 6.04 Å². The van der Waals surface area contributed by atoms with Crippen molar-refractivity contribution in [3.05, 3.63) is 35.9 Å². The molecule has 0 saturated carbocycles. The molecular formula is C15H26N2. The molecule has 0 heterocycles. The smallest absolute Gasteiger partial charge is 0.00541 e. The summed E-state index contributed by atoms with van der Waals surface area (Å²) >= 11 is 0. The fourth-order valence-corrected chi connectivity index (χ4v) is 2.03. The van der Waals surface area contributed by atoms with Gasteiger partial charge in [-0.15, -0.1) is 0 Å². The first-order chi connectivity index (χ1) is 8.26. The van der Waals surface area contributed by atoms with Gasteiger partial charge in [-0.25, -0.2) is 0 Å². The predicted molar refractivity (Wildman–Crippen MR) is 75.1 cm³/mol. The van der Waals surface area contributed by atoms with Crippen molar-refractivity contribution in [1.29, 1.82) is 0 Å². The first-order valence-corrected chi connectivity index (χ1v) is 6.78. The topological polar surface area (TPSA) is 29.3 Å². The zero-order valence-corrected chi connectivity index (χ0v) is 11.2. The van der Waals surface area contributed by atoms with E-state index in [2.05, 4.69) is 49.1 Å². The molecule has 0 spiro atoms. The average Bonchev–Trinajstić information content (AvgIpc) is 2.39. The number of nitrogens with two attached hydrogens (primary N) is 1. The molecule has 2 N–H and O–H groups in total.